The molecule has 1 aliphatic rings. The number of urea groups is 1. The van der Waals surface area contributed by atoms with E-state index in [1.807, 2.05) is 0 Å². The number of imide groups is 2. The fraction of sp³-hybridized carbons (Fsp3) is 0. The Kier molecular flexibility index (Phi) is 2.66. The fourth-order valence-electron chi connectivity index (χ4n) is 1.30. The molecule has 0 bridgehead atoms. The summed E-state index contributed by atoms with van der Waals surface area (Å²) in [6.07, 6.45) is 0. The van der Waals surface area contributed by atoms with Crippen LogP contribution < -0.4 is 10.2 Å². The third-order valence-corrected chi connectivity index (χ3v) is 2.66. The van der Waals surface area contributed by atoms with E-state index in [1.165, 1.54) is 0 Å². The van der Waals surface area contributed by atoms with Crippen LogP contribution in [0.4, 0.5) is 19.3 Å². The zero-order valence-corrected chi connectivity index (χ0v) is 9.55. The first-order valence-electron chi connectivity index (χ1n) is 4.25. The predicted molar refractivity (Wildman–Crippen MR) is 55.1 cm³/mol. The highest BCUT2D eigenvalue weighted by Gasteiger charge is 2.39. The highest BCUT2D eigenvalue weighted by atomic mass is 79.9. The van der Waals surface area contributed by atoms with Gasteiger partial charge in [-0.05, 0) is 22.0 Å². The SMILES string of the molecule is O=C1NC(=O)N(c2cc(Br)c(F)cc2F)C1=O. The molecule has 1 fully saturated rings. The maximum absolute atomic E-state index is 13.4. The van der Waals surface area contributed by atoms with Crippen molar-refractivity contribution in [3.63, 3.8) is 0 Å². The van der Waals surface area contributed by atoms with E-state index in [1.54, 1.807) is 5.32 Å². The van der Waals surface area contributed by atoms with Gasteiger partial charge in [0.05, 0.1) is 10.2 Å². The zero-order valence-electron chi connectivity index (χ0n) is 7.96. The monoisotopic (exact) mass is 304 g/mol. The van der Waals surface area contributed by atoms with Crippen LogP contribution in [0.2, 0.25) is 0 Å². The van der Waals surface area contributed by atoms with Crippen molar-refractivity contribution in [1.82, 2.24) is 5.32 Å². The molecule has 5 nitrogen and oxygen atoms in total. The second-order valence-electron chi connectivity index (χ2n) is 3.12. The van der Waals surface area contributed by atoms with Gasteiger partial charge < -0.3 is 0 Å². The van der Waals surface area contributed by atoms with Gasteiger partial charge >= 0.3 is 17.8 Å². The molecule has 17 heavy (non-hydrogen) atoms. The number of benzene rings is 1. The molecule has 4 amide bonds. The van der Waals surface area contributed by atoms with E-state index in [2.05, 4.69) is 15.9 Å². The number of anilines is 1. The summed E-state index contributed by atoms with van der Waals surface area (Å²) in [5.41, 5.74) is -0.494. The number of carbonyl (C=O) groups is 3. The van der Waals surface area contributed by atoms with Crippen molar-refractivity contribution in [1.29, 1.82) is 0 Å². The van der Waals surface area contributed by atoms with E-state index in [0.717, 1.165) is 6.07 Å². The van der Waals surface area contributed by atoms with Crippen molar-refractivity contribution in [2.75, 3.05) is 4.90 Å². The summed E-state index contributed by atoms with van der Waals surface area (Å²) in [7, 11) is 0. The van der Waals surface area contributed by atoms with E-state index in [4.69, 9.17) is 0 Å². The highest BCUT2D eigenvalue weighted by molar-refractivity contribution is 9.10. The standard InChI is InChI=1S/C9H3BrF2N2O3/c10-3-1-6(5(12)2-4(3)11)14-8(16)7(15)13-9(14)17/h1-2H,(H,13,15,17). The Labute approximate surface area is 102 Å². The van der Waals surface area contributed by atoms with Gasteiger partial charge in [-0.3, -0.25) is 14.9 Å². The first kappa shape index (κ1) is 11.6. The van der Waals surface area contributed by atoms with Gasteiger partial charge in [0.1, 0.15) is 11.6 Å². The van der Waals surface area contributed by atoms with Crippen LogP contribution in [0, 0.1) is 11.6 Å². The third kappa shape index (κ3) is 1.80. The molecule has 0 spiro atoms. The molecule has 1 aromatic rings. The summed E-state index contributed by atoms with van der Waals surface area (Å²) in [6.45, 7) is 0. The van der Waals surface area contributed by atoms with Crippen molar-refractivity contribution in [3.05, 3.63) is 28.2 Å². The topological polar surface area (TPSA) is 66.5 Å². The number of rotatable bonds is 1. The Hall–Kier alpha value is -1.83. The van der Waals surface area contributed by atoms with Crippen LogP contribution in [0.5, 0.6) is 0 Å². The Balaban J connectivity index is 2.55. The molecule has 1 heterocycles. The molecule has 0 aromatic heterocycles. The van der Waals surface area contributed by atoms with Crippen molar-refractivity contribution in [3.8, 4) is 0 Å². The molecular weight excluding hydrogens is 302 g/mol. The quantitative estimate of drug-likeness (QED) is 0.483. The number of hydrogen-bond acceptors (Lipinski definition) is 3. The molecule has 0 saturated carbocycles. The van der Waals surface area contributed by atoms with Gasteiger partial charge in [0, 0.05) is 6.07 Å². The number of nitrogens with one attached hydrogen (secondary N) is 1. The Morgan fingerprint density at radius 1 is 1.12 bits per heavy atom. The summed E-state index contributed by atoms with van der Waals surface area (Å²) < 4.78 is 26.2. The Morgan fingerprint density at radius 3 is 2.29 bits per heavy atom. The van der Waals surface area contributed by atoms with Gasteiger partial charge in [-0.2, -0.15) is 0 Å². The van der Waals surface area contributed by atoms with Gasteiger partial charge in [0.25, 0.3) is 0 Å². The zero-order chi connectivity index (χ0) is 12.7. The minimum Gasteiger partial charge on any atom is -0.269 e. The van der Waals surface area contributed by atoms with Crippen LogP contribution in [0.3, 0.4) is 0 Å². The molecule has 0 atom stereocenters. The highest BCUT2D eigenvalue weighted by Crippen LogP contribution is 2.28. The maximum atomic E-state index is 13.4. The van der Waals surface area contributed by atoms with Gasteiger partial charge in [-0.1, -0.05) is 0 Å². The van der Waals surface area contributed by atoms with E-state index < -0.39 is 35.2 Å². The lowest BCUT2D eigenvalue weighted by Crippen LogP contribution is -2.31. The summed E-state index contributed by atoms with van der Waals surface area (Å²) >= 11 is 2.79. The summed E-state index contributed by atoms with van der Waals surface area (Å²) in [5, 5.41) is 1.70. The molecule has 8 heteroatoms. The predicted octanol–water partition coefficient (Wildman–Crippen LogP) is 1.31. The molecule has 1 aromatic carbocycles. The lowest BCUT2D eigenvalue weighted by atomic mass is 10.2. The third-order valence-electron chi connectivity index (χ3n) is 2.05. The van der Waals surface area contributed by atoms with E-state index in [9.17, 15) is 23.2 Å². The van der Waals surface area contributed by atoms with E-state index in [-0.39, 0.29) is 4.47 Å². The normalized spacial score (nSPS) is 15.5. The number of hydrogen-bond donors (Lipinski definition) is 1. The molecule has 0 unspecified atom stereocenters. The summed E-state index contributed by atoms with van der Waals surface area (Å²) in [6, 6.07) is 0.334. The lowest BCUT2D eigenvalue weighted by molar-refractivity contribution is -0.134. The van der Waals surface area contributed by atoms with Gasteiger partial charge in [-0.15, -0.1) is 0 Å². The fourth-order valence-corrected chi connectivity index (χ4v) is 1.63. The van der Waals surface area contributed by atoms with Crippen LogP contribution in [0.25, 0.3) is 0 Å². The van der Waals surface area contributed by atoms with Crippen LogP contribution in [0.1, 0.15) is 0 Å². The van der Waals surface area contributed by atoms with Crippen molar-refractivity contribution in [2.45, 2.75) is 0 Å². The smallest absolute Gasteiger partial charge is 0.269 e. The molecular formula is C9H3BrF2N2O3. The average Bonchev–Trinajstić information content (AvgIpc) is 2.48. The van der Waals surface area contributed by atoms with Crippen LogP contribution in [-0.2, 0) is 9.59 Å². The van der Waals surface area contributed by atoms with Crippen molar-refractivity contribution < 1.29 is 23.2 Å². The van der Waals surface area contributed by atoms with E-state index >= 15 is 0 Å². The molecule has 1 saturated heterocycles. The second-order valence-corrected chi connectivity index (χ2v) is 3.97. The van der Waals surface area contributed by atoms with Crippen molar-refractivity contribution >= 4 is 39.5 Å². The molecule has 1 aliphatic heterocycles. The van der Waals surface area contributed by atoms with E-state index in [0.29, 0.717) is 11.0 Å². The van der Waals surface area contributed by atoms with Crippen LogP contribution >= 0.6 is 15.9 Å². The van der Waals surface area contributed by atoms with Gasteiger partial charge in [-0.25, -0.2) is 18.5 Å². The largest absolute Gasteiger partial charge is 0.336 e. The second kappa shape index (κ2) is 3.88. The summed E-state index contributed by atoms with van der Waals surface area (Å²) in [4.78, 5) is 33.7. The maximum Gasteiger partial charge on any atom is 0.336 e. The van der Waals surface area contributed by atoms with Crippen LogP contribution in [-0.4, -0.2) is 17.8 Å². The molecule has 0 aliphatic carbocycles. The van der Waals surface area contributed by atoms with Crippen molar-refractivity contribution in [2.24, 2.45) is 0 Å². The minimum atomic E-state index is -1.22. The number of halogens is 3. The lowest BCUT2D eigenvalue weighted by Gasteiger charge is -2.12. The number of carbonyl (C=O) groups excluding carboxylic acids is 3. The molecule has 0 radical (unpaired) electrons. The summed E-state index contributed by atoms with van der Waals surface area (Å²) in [5.74, 6) is -4.38. The van der Waals surface area contributed by atoms with Gasteiger partial charge in [0.15, 0.2) is 0 Å². The first-order chi connectivity index (χ1) is 7.91. The number of amides is 4. The molecule has 88 valence electrons. The Morgan fingerprint density at radius 2 is 1.76 bits per heavy atom. The molecule has 2 rings (SSSR count). The number of nitrogens with zero attached hydrogens (tertiary/aromatic N) is 1. The first-order valence-corrected chi connectivity index (χ1v) is 5.05. The minimum absolute atomic E-state index is 0.131. The van der Waals surface area contributed by atoms with Crippen LogP contribution in [0.15, 0.2) is 16.6 Å². The molecule has 1 N–H and O–H groups in total. The average molecular weight is 305 g/mol. The van der Waals surface area contributed by atoms with Gasteiger partial charge in [0.2, 0.25) is 0 Å². The Bertz CT molecular complexity index is 561.